The average molecular weight is 392 g/mol. The van der Waals surface area contributed by atoms with E-state index in [1.54, 1.807) is 7.11 Å². The van der Waals surface area contributed by atoms with Crippen LogP contribution < -0.4 is 4.74 Å². The predicted molar refractivity (Wildman–Crippen MR) is 107 cm³/mol. The Hall–Kier alpha value is -2.12. The van der Waals surface area contributed by atoms with E-state index in [1.807, 2.05) is 6.07 Å². The van der Waals surface area contributed by atoms with Crippen molar-refractivity contribution in [3.05, 3.63) is 29.8 Å². The van der Waals surface area contributed by atoms with Gasteiger partial charge in [0.15, 0.2) is 0 Å². The summed E-state index contributed by atoms with van der Waals surface area (Å²) in [5.74, 6) is -2.68. The van der Waals surface area contributed by atoms with Gasteiger partial charge in [-0.05, 0) is 69.6 Å². The molecule has 2 fully saturated rings. The second-order valence-corrected chi connectivity index (χ2v) is 7.42. The molecule has 2 N–H and O–H groups in total. The van der Waals surface area contributed by atoms with Crippen LogP contribution in [0, 0.1) is 0 Å². The number of carbonyl (C=O) groups is 2. The summed E-state index contributed by atoms with van der Waals surface area (Å²) in [4.78, 5) is 23.6. The number of carboxylic acids is 2. The Kier molecular flexibility index (Phi) is 9.23. The van der Waals surface area contributed by atoms with E-state index in [4.69, 9.17) is 24.5 Å². The van der Waals surface area contributed by atoms with Gasteiger partial charge in [-0.3, -0.25) is 4.90 Å². The van der Waals surface area contributed by atoms with Gasteiger partial charge in [-0.1, -0.05) is 25.0 Å². The Labute approximate surface area is 166 Å². The van der Waals surface area contributed by atoms with Gasteiger partial charge >= 0.3 is 11.9 Å². The van der Waals surface area contributed by atoms with Crippen LogP contribution in [0.2, 0.25) is 0 Å². The highest BCUT2D eigenvalue weighted by Gasteiger charge is 2.24. The van der Waals surface area contributed by atoms with E-state index in [1.165, 1.54) is 70.3 Å². The fourth-order valence-corrected chi connectivity index (χ4v) is 3.93. The second-order valence-electron chi connectivity index (χ2n) is 7.42. The summed E-state index contributed by atoms with van der Waals surface area (Å²) in [6.45, 7) is 6.20. The lowest BCUT2D eigenvalue weighted by molar-refractivity contribution is -0.159. The first-order valence-electron chi connectivity index (χ1n) is 10.0. The molecule has 2 saturated heterocycles. The van der Waals surface area contributed by atoms with Gasteiger partial charge in [-0.2, -0.15) is 0 Å². The number of hydrogen-bond donors (Lipinski definition) is 2. The molecule has 0 spiro atoms. The number of piperidine rings is 1. The van der Waals surface area contributed by atoms with E-state index in [0.29, 0.717) is 0 Å². The van der Waals surface area contributed by atoms with Crippen molar-refractivity contribution in [3.63, 3.8) is 0 Å². The van der Waals surface area contributed by atoms with E-state index in [2.05, 4.69) is 28.0 Å². The van der Waals surface area contributed by atoms with Crippen LogP contribution >= 0.6 is 0 Å². The van der Waals surface area contributed by atoms with E-state index in [9.17, 15) is 0 Å². The smallest absolute Gasteiger partial charge is 0.414 e. The molecule has 0 aliphatic carbocycles. The summed E-state index contributed by atoms with van der Waals surface area (Å²) in [6, 6.07) is 9.33. The number of nitrogens with zero attached hydrogens (tertiary/aromatic N) is 2. The molecule has 1 aromatic rings. The molecule has 7 heteroatoms. The van der Waals surface area contributed by atoms with E-state index >= 15 is 0 Å². The highest BCUT2D eigenvalue weighted by molar-refractivity contribution is 6.27. The molecule has 0 bridgehead atoms. The minimum Gasteiger partial charge on any atom is -0.497 e. The van der Waals surface area contributed by atoms with Crippen LogP contribution in [0.25, 0.3) is 0 Å². The Morgan fingerprint density at radius 2 is 1.61 bits per heavy atom. The fraction of sp³-hybridized carbons (Fsp3) is 0.619. The van der Waals surface area contributed by atoms with Crippen molar-refractivity contribution < 1.29 is 24.5 Å². The van der Waals surface area contributed by atoms with Gasteiger partial charge in [-0.25, -0.2) is 9.59 Å². The zero-order chi connectivity index (χ0) is 20.4. The summed E-state index contributed by atoms with van der Waals surface area (Å²) in [7, 11) is 1.74. The molecule has 1 aromatic carbocycles. The first kappa shape index (κ1) is 22.2. The van der Waals surface area contributed by atoms with Gasteiger partial charge in [0.2, 0.25) is 0 Å². The number of aliphatic carboxylic acids is 2. The van der Waals surface area contributed by atoms with Gasteiger partial charge in [0, 0.05) is 12.6 Å². The summed E-state index contributed by atoms with van der Waals surface area (Å²) < 4.78 is 5.33. The Balaban J connectivity index is 0.000000409. The van der Waals surface area contributed by atoms with Crippen LogP contribution in [0.5, 0.6) is 5.75 Å². The molecule has 2 aliphatic heterocycles. The van der Waals surface area contributed by atoms with E-state index < -0.39 is 11.9 Å². The SMILES string of the molecule is COc1cccc(CN2CCC(N3CCCCCC3)CC2)c1.O=C(O)C(=O)O. The standard InChI is InChI=1S/C19H30N2O.C2H2O4/c1-22-19-8-6-7-17(15-19)16-20-13-9-18(10-14-20)21-11-4-2-3-5-12-21;3-1(4)2(5)6/h6-8,15,18H,2-5,9-14,16H2,1H3;(H,3,4)(H,5,6). The number of rotatable bonds is 4. The molecule has 0 amide bonds. The highest BCUT2D eigenvalue weighted by atomic mass is 16.5. The third-order valence-corrected chi connectivity index (χ3v) is 5.44. The summed E-state index contributed by atoms with van der Waals surface area (Å²) in [5.41, 5.74) is 1.37. The number of likely N-dealkylation sites (tertiary alicyclic amines) is 2. The predicted octanol–water partition coefficient (Wildman–Crippen LogP) is 2.69. The molecule has 0 unspecified atom stereocenters. The molecule has 7 nitrogen and oxygen atoms in total. The molecular formula is C21H32N2O5. The topological polar surface area (TPSA) is 90.3 Å². The zero-order valence-corrected chi connectivity index (χ0v) is 16.7. The van der Waals surface area contributed by atoms with Crippen LogP contribution in [0.4, 0.5) is 0 Å². The van der Waals surface area contributed by atoms with Crippen molar-refractivity contribution in [1.82, 2.24) is 9.80 Å². The monoisotopic (exact) mass is 392 g/mol. The molecule has 0 saturated carbocycles. The molecule has 2 aliphatic rings. The lowest BCUT2D eigenvalue weighted by Crippen LogP contribution is -2.45. The quantitative estimate of drug-likeness (QED) is 0.762. The van der Waals surface area contributed by atoms with Crippen LogP contribution in [0.15, 0.2) is 24.3 Å². The third-order valence-electron chi connectivity index (χ3n) is 5.44. The third kappa shape index (κ3) is 7.48. The first-order chi connectivity index (χ1) is 13.5. The highest BCUT2D eigenvalue weighted by Crippen LogP contribution is 2.22. The number of hydrogen-bond acceptors (Lipinski definition) is 5. The molecule has 0 atom stereocenters. The molecule has 3 rings (SSSR count). The maximum atomic E-state index is 9.10. The average Bonchev–Trinajstić information content (AvgIpc) is 2.99. The van der Waals surface area contributed by atoms with Gasteiger partial charge < -0.3 is 19.8 Å². The van der Waals surface area contributed by atoms with Gasteiger partial charge in [0.05, 0.1) is 7.11 Å². The first-order valence-corrected chi connectivity index (χ1v) is 10.0. The number of benzene rings is 1. The maximum Gasteiger partial charge on any atom is 0.414 e. The number of ether oxygens (including phenoxy) is 1. The lowest BCUT2D eigenvalue weighted by atomic mass is 10.0. The Bertz CT molecular complexity index is 609. The van der Waals surface area contributed by atoms with Crippen molar-refractivity contribution in [3.8, 4) is 5.75 Å². The van der Waals surface area contributed by atoms with Crippen LogP contribution in [0.1, 0.15) is 44.1 Å². The zero-order valence-electron chi connectivity index (χ0n) is 16.7. The van der Waals surface area contributed by atoms with E-state index in [-0.39, 0.29) is 0 Å². The van der Waals surface area contributed by atoms with Gasteiger partial charge in [0.1, 0.15) is 5.75 Å². The number of methoxy groups -OCH3 is 1. The molecular weight excluding hydrogens is 360 g/mol. The normalized spacial score (nSPS) is 19.2. The molecule has 0 aromatic heterocycles. The van der Waals surface area contributed by atoms with Crippen molar-refractivity contribution in [2.75, 3.05) is 33.3 Å². The second kappa shape index (κ2) is 11.7. The summed E-state index contributed by atoms with van der Waals surface area (Å²) >= 11 is 0. The number of carboxylic acid groups (broad SMARTS) is 2. The molecule has 156 valence electrons. The molecule has 28 heavy (non-hydrogen) atoms. The summed E-state index contributed by atoms with van der Waals surface area (Å²) in [5, 5.41) is 14.8. The minimum absolute atomic E-state index is 0.833. The Morgan fingerprint density at radius 1 is 1.00 bits per heavy atom. The lowest BCUT2D eigenvalue weighted by Gasteiger charge is -2.38. The van der Waals surface area contributed by atoms with Crippen LogP contribution in [-0.2, 0) is 16.1 Å². The largest absolute Gasteiger partial charge is 0.497 e. The van der Waals surface area contributed by atoms with Crippen molar-refractivity contribution >= 4 is 11.9 Å². The van der Waals surface area contributed by atoms with Crippen LogP contribution in [0.3, 0.4) is 0 Å². The maximum absolute atomic E-state index is 9.10. The van der Waals surface area contributed by atoms with E-state index in [0.717, 1.165) is 18.3 Å². The summed E-state index contributed by atoms with van der Waals surface area (Å²) in [6.07, 6.45) is 8.36. The van der Waals surface area contributed by atoms with Crippen molar-refractivity contribution in [1.29, 1.82) is 0 Å². The Morgan fingerprint density at radius 3 is 2.14 bits per heavy atom. The fourth-order valence-electron chi connectivity index (χ4n) is 3.93. The van der Waals surface area contributed by atoms with Gasteiger partial charge in [0.25, 0.3) is 0 Å². The van der Waals surface area contributed by atoms with Crippen LogP contribution in [-0.4, -0.2) is 71.3 Å². The molecule has 2 heterocycles. The van der Waals surface area contributed by atoms with Crippen molar-refractivity contribution in [2.45, 2.75) is 51.1 Å². The molecule has 0 radical (unpaired) electrons. The minimum atomic E-state index is -1.82. The van der Waals surface area contributed by atoms with Gasteiger partial charge in [-0.15, -0.1) is 0 Å². The van der Waals surface area contributed by atoms with Crippen molar-refractivity contribution in [2.24, 2.45) is 0 Å².